The van der Waals surface area contributed by atoms with Crippen molar-refractivity contribution >= 4 is 5.91 Å². The Kier molecular flexibility index (Phi) is 3.99. The average molecular weight is 247 g/mol. The summed E-state index contributed by atoms with van der Waals surface area (Å²) in [5.74, 6) is 5.75. The predicted octanol–water partition coefficient (Wildman–Crippen LogP) is 1.52. The Hall–Kier alpha value is -1.39. The standard InChI is InChI=1S/C14H21N3O/c1-10(12-6-7-12)17(2)9-11-4-3-5-13(8-11)14(18)16-15/h3-5,8,10,12H,6-7,9,15H2,1-2H3,(H,16,18). The number of rotatable bonds is 5. The van der Waals surface area contributed by atoms with Gasteiger partial charge in [-0.3, -0.25) is 15.1 Å². The molecule has 98 valence electrons. The summed E-state index contributed by atoms with van der Waals surface area (Å²) >= 11 is 0. The van der Waals surface area contributed by atoms with Crippen molar-refractivity contribution < 1.29 is 4.79 Å². The first kappa shape index (κ1) is 13.1. The number of carbonyl (C=O) groups is 1. The minimum absolute atomic E-state index is 0.241. The number of nitrogens with two attached hydrogens (primary N) is 1. The summed E-state index contributed by atoms with van der Waals surface area (Å²) < 4.78 is 0. The second kappa shape index (κ2) is 5.50. The van der Waals surface area contributed by atoms with Crippen LogP contribution in [0.15, 0.2) is 24.3 Å². The molecule has 4 nitrogen and oxygen atoms in total. The Labute approximate surface area is 108 Å². The number of carbonyl (C=O) groups excluding carboxylic acids is 1. The van der Waals surface area contributed by atoms with E-state index in [4.69, 9.17) is 5.84 Å². The van der Waals surface area contributed by atoms with Crippen LogP contribution in [0.4, 0.5) is 0 Å². The van der Waals surface area contributed by atoms with E-state index in [9.17, 15) is 4.79 Å². The van der Waals surface area contributed by atoms with Gasteiger partial charge in [0, 0.05) is 18.2 Å². The highest BCUT2D eigenvalue weighted by Gasteiger charge is 2.30. The quantitative estimate of drug-likeness (QED) is 0.471. The summed E-state index contributed by atoms with van der Waals surface area (Å²) in [5, 5.41) is 0. The smallest absolute Gasteiger partial charge is 0.265 e. The number of hydrogen-bond acceptors (Lipinski definition) is 3. The molecule has 1 amide bonds. The lowest BCUT2D eigenvalue weighted by atomic mass is 10.1. The molecule has 2 rings (SSSR count). The maximum atomic E-state index is 11.5. The summed E-state index contributed by atoms with van der Waals surface area (Å²) in [7, 11) is 2.14. The summed E-state index contributed by atoms with van der Waals surface area (Å²) in [4.78, 5) is 13.8. The van der Waals surface area contributed by atoms with Crippen molar-refractivity contribution in [3.63, 3.8) is 0 Å². The van der Waals surface area contributed by atoms with Gasteiger partial charge >= 0.3 is 0 Å². The second-order valence-electron chi connectivity index (χ2n) is 5.17. The van der Waals surface area contributed by atoms with Crippen LogP contribution in [0.2, 0.25) is 0 Å². The third-order valence-electron chi connectivity index (χ3n) is 3.75. The topological polar surface area (TPSA) is 58.4 Å². The Balaban J connectivity index is 2.02. The molecule has 18 heavy (non-hydrogen) atoms. The van der Waals surface area contributed by atoms with E-state index < -0.39 is 0 Å². The number of amides is 1. The lowest BCUT2D eigenvalue weighted by molar-refractivity contribution is 0.0953. The van der Waals surface area contributed by atoms with E-state index in [0.29, 0.717) is 11.6 Å². The fraction of sp³-hybridized carbons (Fsp3) is 0.500. The lowest BCUT2D eigenvalue weighted by Gasteiger charge is -2.24. The zero-order valence-electron chi connectivity index (χ0n) is 11.0. The largest absolute Gasteiger partial charge is 0.299 e. The fourth-order valence-corrected chi connectivity index (χ4v) is 2.26. The predicted molar refractivity (Wildman–Crippen MR) is 71.7 cm³/mol. The molecule has 0 bridgehead atoms. The molecule has 4 heteroatoms. The van der Waals surface area contributed by atoms with E-state index in [-0.39, 0.29) is 5.91 Å². The van der Waals surface area contributed by atoms with Gasteiger partial charge < -0.3 is 0 Å². The van der Waals surface area contributed by atoms with E-state index in [2.05, 4.69) is 24.3 Å². The second-order valence-corrected chi connectivity index (χ2v) is 5.17. The number of nitrogens with one attached hydrogen (secondary N) is 1. The van der Waals surface area contributed by atoms with Crippen molar-refractivity contribution in [3.05, 3.63) is 35.4 Å². The zero-order valence-corrected chi connectivity index (χ0v) is 11.0. The van der Waals surface area contributed by atoms with Crippen LogP contribution in [0.5, 0.6) is 0 Å². The van der Waals surface area contributed by atoms with Crippen molar-refractivity contribution in [3.8, 4) is 0 Å². The molecule has 0 radical (unpaired) electrons. The normalized spacial score (nSPS) is 16.7. The molecule has 0 heterocycles. The third kappa shape index (κ3) is 3.09. The van der Waals surface area contributed by atoms with Crippen LogP contribution in [-0.4, -0.2) is 23.9 Å². The molecule has 3 N–H and O–H groups in total. The molecule has 1 aliphatic rings. The van der Waals surface area contributed by atoms with Crippen molar-refractivity contribution in [2.45, 2.75) is 32.4 Å². The monoisotopic (exact) mass is 247 g/mol. The van der Waals surface area contributed by atoms with Gasteiger partial charge in [0.15, 0.2) is 0 Å². The van der Waals surface area contributed by atoms with Gasteiger partial charge in [-0.25, -0.2) is 5.84 Å². The average Bonchev–Trinajstić information content (AvgIpc) is 3.21. The van der Waals surface area contributed by atoms with Crippen LogP contribution < -0.4 is 11.3 Å². The number of nitrogens with zero attached hydrogens (tertiary/aromatic N) is 1. The first-order valence-corrected chi connectivity index (χ1v) is 6.42. The fourth-order valence-electron chi connectivity index (χ4n) is 2.26. The molecular weight excluding hydrogens is 226 g/mol. The van der Waals surface area contributed by atoms with E-state index >= 15 is 0 Å². The van der Waals surface area contributed by atoms with Gasteiger partial charge in [0.25, 0.3) is 5.91 Å². The van der Waals surface area contributed by atoms with Crippen LogP contribution in [0.25, 0.3) is 0 Å². The van der Waals surface area contributed by atoms with Crippen LogP contribution >= 0.6 is 0 Å². The molecular formula is C14H21N3O. The highest BCUT2D eigenvalue weighted by atomic mass is 16.2. The first-order chi connectivity index (χ1) is 8.61. The van der Waals surface area contributed by atoms with Gasteiger partial charge in [0.2, 0.25) is 0 Å². The van der Waals surface area contributed by atoms with E-state index in [1.54, 1.807) is 6.07 Å². The molecule has 1 aliphatic carbocycles. The van der Waals surface area contributed by atoms with Crippen molar-refractivity contribution in [2.24, 2.45) is 11.8 Å². The van der Waals surface area contributed by atoms with Gasteiger partial charge in [0.05, 0.1) is 0 Å². The molecule has 1 unspecified atom stereocenters. The number of benzene rings is 1. The third-order valence-corrected chi connectivity index (χ3v) is 3.75. The van der Waals surface area contributed by atoms with Crippen molar-refractivity contribution in [2.75, 3.05) is 7.05 Å². The SMILES string of the molecule is CC(C1CC1)N(C)Cc1cccc(C(=O)NN)c1. The van der Waals surface area contributed by atoms with Crippen LogP contribution in [-0.2, 0) is 6.54 Å². The van der Waals surface area contributed by atoms with Gasteiger partial charge in [-0.1, -0.05) is 12.1 Å². The lowest BCUT2D eigenvalue weighted by Crippen LogP contribution is -2.31. The highest BCUT2D eigenvalue weighted by molar-refractivity contribution is 5.93. The summed E-state index contributed by atoms with van der Waals surface area (Å²) in [6.07, 6.45) is 2.70. The van der Waals surface area contributed by atoms with E-state index in [1.807, 2.05) is 18.2 Å². The Morgan fingerprint density at radius 2 is 2.28 bits per heavy atom. The molecule has 1 aromatic carbocycles. The molecule has 1 saturated carbocycles. The van der Waals surface area contributed by atoms with Gasteiger partial charge in [-0.05, 0) is 50.4 Å². The van der Waals surface area contributed by atoms with Crippen molar-refractivity contribution in [1.82, 2.24) is 10.3 Å². The van der Waals surface area contributed by atoms with E-state index in [1.165, 1.54) is 12.8 Å². The summed E-state index contributed by atoms with van der Waals surface area (Å²) in [6, 6.07) is 8.23. The van der Waals surface area contributed by atoms with Gasteiger partial charge in [0.1, 0.15) is 0 Å². The molecule has 0 aromatic heterocycles. The van der Waals surface area contributed by atoms with Crippen LogP contribution in [0.1, 0.15) is 35.7 Å². The summed E-state index contributed by atoms with van der Waals surface area (Å²) in [5.41, 5.74) is 3.92. The molecule has 1 aromatic rings. The molecule has 1 atom stereocenters. The highest BCUT2D eigenvalue weighted by Crippen LogP contribution is 2.35. The number of hydrogen-bond donors (Lipinski definition) is 2. The minimum atomic E-state index is -0.241. The number of nitrogen functional groups attached to an aromatic ring is 1. The molecule has 0 spiro atoms. The Morgan fingerprint density at radius 1 is 1.56 bits per heavy atom. The maximum Gasteiger partial charge on any atom is 0.265 e. The van der Waals surface area contributed by atoms with E-state index in [0.717, 1.165) is 18.0 Å². The van der Waals surface area contributed by atoms with Gasteiger partial charge in [-0.2, -0.15) is 0 Å². The molecule has 0 saturated heterocycles. The number of hydrazine groups is 1. The summed E-state index contributed by atoms with van der Waals surface area (Å²) in [6.45, 7) is 3.14. The minimum Gasteiger partial charge on any atom is -0.299 e. The van der Waals surface area contributed by atoms with Gasteiger partial charge in [-0.15, -0.1) is 0 Å². The molecule has 0 aliphatic heterocycles. The molecule has 1 fully saturated rings. The van der Waals surface area contributed by atoms with Crippen LogP contribution in [0, 0.1) is 5.92 Å². The maximum absolute atomic E-state index is 11.5. The van der Waals surface area contributed by atoms with Crippen LogP contribution in [0.3, 0.4) is 0 Å². The first-order valence-electron chi connectivity index (χ1n) is 6.42. The zero-order chi connectivity index (χ0) is 13.1. The Morgan fingerprint density at radius 3 is 2.89 bits per heavy atom. The van der Waals surface area contributed by atoms with Crippen molar-refractivity contribution in [1.29, 1.82) is 0 Å². The Bertz CT molecular complexity index is 429.